The molecule has 1 aliphatic heterocycles. The third kappa shape index (κ3) is 3.96. The minimum Gasteiger partial charge on any atom is -0.313 e. The van der Waals surface area contributed by atoms with Crippen LogP contribution in [0.15, 0.2) is 0 Å². The molecule has 0 aromatic carbocycles. The van der Waals surface area contributed by atoms with Crippen molar-refractivity contribution < 1.29 is 0 Å². The normalized spacial score (nSPS) is 34.7. The first-order chi connectivity index (χ1) is 8.83. The quantitative estimate of drug-likeness (QED) is 0.806. The molecule has 0 amide bonds. The van der Waals surface area contributed by atoms with Crippen LogP contribution in [0, 0.1) is 5.92 Å². The summed E-state index contributed by atoms with van der Waals surface area (Å²) >= 11 is 0. The maximum Gasteiger partial charge on any atom is 0.0195 e. The smallest absolute Gasteiger partial charge is 0.0195 e. The molecule has 1 heterocycles. The van der Waals surface area contributed by atoms with Gasteiger partial charge in [-0.2, -0.15) is 0 Å². The number of nitrogens with one attached hydrogen (secondary N) is 1. The van der Waals surface area contributed by atoms with Gasteiger partial charge in [0.05, 0.1) is 0 Å². The van der Waals surface area contributed by atoms with Crippen LogP contribution in [-0.4, -0.2) is 36.6 Å². The number of nitrogens with zero attached hydrogens (tertiary/aromatic N) is 1. The highest BCUT2D eigenvalue weighted by atomic mass is 15.2. The monoisotopic (exact) mass is 252 g/mol. The fraction of sp³-hybridized carbons (Fsp3) is 1.00. The van der Waals surface area contributed by atoms with Gasteiger partial charge in [-0.3, -0.25) is 4.90 Å². The maximum atomic E-state index is 3.72. The largest absolute Gasteiger partial charge is 0.313 e. The Kier molecular flexibility index (Phi) is 5.97. The number of likely N-dealkylation sites (tertiary alicyclic amines) is 1. The van der Waals surface area contributed by atoms with Crippen LogP contribution in [-0.2, 0) is 0 Å². The zero-order valence-corrected chi connectivity index (χ0v) is 12.5. The van der Waals surface area contributed by atoms with Gasteiger partial charge in [0, 0.05) is 18.6 Å². The second-order valence-corrected chi connectivity index (χ2v) is 6.38. The second kappa shape index (κ2) is 7.49. The molecule has 2 rings (SSSR count). The van der Waals surface area contributed by atoms with E-state index in [9.17, 15) is 0 Å². The summed E-state index contributed by atoms with van der Waals surface area (Å²) in [6.45, 7) is 8.49. The lowest BCUT2D eigenvalue weighted by Gasteiger charge is -2.42. The molecule has 0 spiro atoms. The van der Waals surface area contributed by atoms with Crippen LogP contribution in [0.5, 0.6) is 0 Å². The minimum atomic E-state index is 0.765. The summed E-state index contributed by atoms with van der Waals surface area (Å²) in [6, 6.07) is 1.66. The molecule has 0 aromatic heterocycles. The Morgan fingerprint density at radius 3 is 2.78 bits per heavy atom. The van der Waals surface area contributed by atoms with Crippen LogP contribution in [0.3, 0.4) is 0 Å². The molecule has 3 atom stereocenters. The Morgan fingerprint density at radius 1 is 1.11 bits per heavy atom. The first kappa shape index (κ1) is 14.3. The first-order valence-corrected chi connectivity index (χ1v) is 8.30. The summed E-state index contributed by atoms with van der Waals surface area (Å²) in [5, 5.41) is 3.72. The number of hydrogen-bond acceptors (Lipinski definition) is 2. The lowest BCUT2D eigenvalue weighted by atomic mass is 9.83. The molecule has 1 aliphatic carbocycles. The van der Waals surface area contributed by atoms with Crippen molar-refractivity contribution in [3.8, 4) is 0 Å². The zero-order valence-electron chi connectivity index (χ0n) is 12.5. The Labute approximate surface area is 114 Å². The Morgan fingerprint density at radius 2 is 2.00 bits per heavy atom. The van der Waals surface area contributed by atoms with Crippen LogP contribution >= 0.6 is 0 Å². The van der Waals surface area contributed by atoms with Crippen LogP contribution < -0.4 is 5.32 Å². The lowest BCUT2D eigenvalue weighted by molar-refractivity contribution is 0.0915. The standard InChI is InChI=1S/C16H32N2/c1-3-10-17-15-8-6-11-18(13-15)16-9-5-7-14(4-2)12-16/h14-17H,3-13H2,1-2H3. The van der Waals surface area contributed by atoms with Gasteiger partial charge >= 0.3 is 0 Å². The van der Waals surface area contributed by atoms with E-state index in [2.05, 4.69) is 24.1 Å². The van der Waals surface area contributed by atoms with Gasteiger partial charge in [-0.1, -0.05) is 33.1 Å². The fourth-order valence-electron chi connectivity index (χ4n) is 3.82. The van der Waals surface area contributed by atoms with Crippen molar-refractivity contribution in [2.75, 3.05) is 19.6 Å². The molecule has 0 radical (unpaired) electrons. The van der Waals surface area contributed by atoms with Crippen molar-refractivity contribution in [3.63, 3.8) is 0 Å². The molecule has 3 unspecified atom stereocenters. The first-order valence-electron chi connectivity index (χ1n) is 8.30. The highest BCUT2D eigenvalue weighted by Crippen LogP contribution is 2.31. The van der Waals surface area contributed by atoms with E-state index in [0.717, 1.165) is 18.0 Å². The molecule has 1 saturated heterocycles. The third-order valence-corrected chi connectivity index (χ3v) is 4.98. The summed E-state index contributed by atoms with van der Waals surface area (Å²) in [5.41, 5.74) is 0. The van der Waals surface area contributed by atoms with Crippen molar-refractivity contribution in [1.29, 1.82) is 0 Å². The van der Waals surface area contributed by atoms with E-state index in [0.29, 0.717) is 0 Å². The minimum absolute atomic E-state index is 0.765. The van der Waals surface area contributed by atoms with Gasteiger partial charge in [-0.05, 0) is 51.1 Å². The SMILES string of the molecule is CCCNC1CCCN(C2CCCC(CC)C2)C1. The summed E-state index contributed by atoms with van der Waals surface area (Å²) in [4.78, 5) is 2.80. The van der Waals surface area contributed by atoms with E-state index in [4.69, 9.17) is 0 Å². The van der Waals surface area contributed by atoms with E-state index >= 15 is 0 Å². The molecule has 1 N–H and O–H groups in total. The molecule has 18 heavy (non-hydrogen) atoms. The average Bonchev–Trinajstić information content (AvgIpc) is 2.45. The van der Waals surface area contributed by atoms with Crippen LogP contribution in [0.4, 0.5) is 0 Å². The molecule has 2 aliphatic rings. The van der Waals surface area contributed by atoms with Gasteiger partial charge < -0.3 is 5.32 Å². The van der Waals surface area contributed by atoms with E-state index in [-0.39, 0.29) is 0 Å². The van der Waals surface area contributed by atoms with Gasteiger partial charge in [0.2, 0.25) is 0 Å². The molecular weight excluding hydrogens is 220 g/mol. The molecule has 1 saturated carbocycles. The van der Waals surface area contributed by atoms with Gasteiger partial charge in [0.1, 0.15) is 0 Å². The Balaban J connectivity index is 1.80. The predicted molar refractivity (Wildman–Crippen MR) is 78.9 cm³/mol. The Hall–Kier alpha value is -0.0800. The second-order valence-electron chi connectivity index (χ2n) is 6.38. The lowest BCUT2D eigenvalue weighted by Crippen LogP contribution is -2.50. The van der Waals surface area contributed by atoms with Gasteiger partial charge in [-0.25, -0.2) is 0 Å². The van der Waals surface area contributed by atoms with E-state index in [1.54, 1.807) is 0 Å². The van der Waals surface area contributed by atoms with Crippen LogP contribution in [0.25, 0.3) is 0 Å². The fourth-order valence-corrected chi connectivity index (χ4v) is 3.82. The molecule has 2 fully saturated rings. The van der Waals surface area contributed by atoms with Gasteiger partial charge in [0.25, 0.3) is 0 Å². The van der Waals surface area contributed by atoms with Crippen molar-refractivity contribution in [1.82, 2.24) is 10.2 Å². The zero-order chi connectivity index (χ0) is 12.8. The highest BCUT2D eigenvalue weighted by Gasteiger charge is 2.29. The average molecular weight is 252 g/mol. The molecule has 0 aromatic rings. The van der Waals surface area contributed by atoms with Gasteiger partial charge in [-0.15, -0.1) is 0 Å². The van der Waals surface area contributed by atoms with Crippen molar-refractivity contribution in [2.24, 2.45) is 5.92 Å². The van der Waals surface area contributed by atoms with E-state index in [1.807, 2.05) is 0 Å². The molecular formula is C16H32N2. The van der Waals surface area contributed by atoms with Crippen LogP contribution in [0.1, 0.15) is 65.2 Å². The molecule has 106 valence electrons. The highest BCUT2D eigenvalue weighted by molar-refractivity contribution is 4.86. The number of rotatable bonds is 5. The maximum absolute atomic E-state index is 3.72. The number of piperidine rings is 1. The predicted octanol–water partition coefficient (Wildman–Crippen LogP) is 3.42. The van der Waals surface area contributed by atoms with Crippen LogP contribution in [0.2, 0.25) is 0 Å². The molecule has 0 bridgehead atoms. The third-order valence-electron chi connectivity index (χ3n) is 4.98. The summed E-state index contributed by atoms with van der Waals surface area (Å²) in [6.07, 6.45) is 11.3. The van der Waals surface area contributed by atoms with Crippen molar-refractivity contribution in [2.45, 2.75) is 77.3 Å². The summed E-state index contributed by atoms with van der Waals surface area (Å²) in [7, 11) is 0. The molecule has 2 heteroatoms. The molecule has 2 nitrogen and oxygen atoms in total. The summed E-state index contributed by atoms with van der Waals surface area (Å²) < 4.78 is 0. The van der Waals surface area contributed by atoms with Gasteiger partial charge in [0.15, 0.2) is 0 Å². The van der Waals surface area contributed by atoms with Crippen molar-refractivity contribution >= 4 is 0 Å². The Bertz CT molecular complexity index is 229. The van der Waals surface area contributed by atoms with Crippen molar-refractivity contribution in [3.05, 3.63) is 0 Å². The topological polar surface area (TPSA) is 15.3 Å². The van der Waals surface area contributed by atoms with E-state index < -0.39 is 0 Å². The summed E-state index contributed by atoms with van der Waals surface area (Å²) in [5.74, 6) is 1.01. The van der Waals surface area contributed by atoms with E-state index in [1.165, 1.54) is 71.0 Å². The number of hydrogen-bond donors (Lipinski definition) is 1.